The summed E-state index contributed by atoms with van der Waals surface area (Å²) in [5, 5.41) is 0. The number of hydrogen-bond acceptors (Lipinski definition) is 5. The molecule has 7 heteroatoms. The summed E-state index contributed by atoms with van der Waals surface area (Å²) in [7, 11) is 1.79. The molecule has 0 spiro atoms. The molecular formula is C19H26N2O4S. The third-order valence-corrected chi connectivity index (χ3v) is 5.99. The largest absolute Gasteiger partial charge is 0.479 e. The molecule has 1 aromatic rings. The first-order valence-corrected chi connectivity index (χ1v) is 10.0. The number of ether oxygens (including phenoxy) is 2. The van der Waals surface area contributed by atoms with Gasteiger partial charge in [-0.05, 0) is 50.8 Å². The fraction of sp³-hybridized carbons (Fsp3) is 0.579. The molecule has 1 atom stereocenters. The van der Waals surface area contributed by atoms with Crippen LogP contribution in [0.5, 0.6) is 5.75 Å². The normalized spacial score (nSPS) is 19.1. The second kappa shape index (κ2) is 8.20. The highest BCUT2D eigenvalue weighted by Crippen LogP contribution is 2.43. The minimum absolute atomic E-state index is 0.00462. The summed E-state index contributed by atoms with van der Waals surface area (Å²) < 4.78 is 12.6. The Bertz CT molecular complexity index is 676. The Morgan fingerprint density at radius 3 is 2.73 bits per heavy atom. The monoisotopic (exact) mass is 378 g/mol. The standard InChI is InChI=1S/C19H26N2O4S/c1-4-24-18(22)13(2)25-15-10-11-17-16(12-15)20(3)19(23)21(26-17)14-8-6-5-7-9-14/h10-14H,4-9H2,1-3H3/t13-/m1/s1. The second-order valence-corrected chi connectivity index (χ2v) is 7.71. The molecule has 0 bridgehead atoms. The van der Waals surface area contributed by atoms with E-state index in [1.54, 1.807) is 25.8 Å². The molecule has 6 nitrogen and oxygen atoms in total. The van der Waals surface area contributed by atoms with Crippen molar-refractivity contribution in [2.24, 2.45) is 0 Å². The number of carbonyl (C=O) groups excluding carboxylic acids is 2. The molecule has 0 N–H and O–H groups in total. The van der Waals surface area contributed by atoms with Crippen LogP contribution in [-0.2, 0) is 9.53 Å². The highest BCUT2D eigenvalue weighted by atomic mass is 32.2. The predicted octanol–water partition coefficient (Wildman–Crippen LogP) is 4.23. The van der Waals surface area contributed by atoms with Crippen LogP contribution < -0.4 is 9.64 Å². The van der Waals surface area contributed by atoms with Gasteiger partial charge in [0.05, 0.1) is 17.2 Å². The average Bonchev–Trinajstić information content (AvgIpc) is 2.66. The van der Waals surface area contributed by atoms with E-state index < -0.39 is 12.1 Å². The maximum atomic E-state index is 12.8. The maximum absolute atomic E-state index is 12.8. The van der Waals surface area contributed by atoms with Gasteiger partial charge in [0.15, 0.2) is 6.10 Å². The number of nitrogens with zero attached hydrogens (tertiary/aromatic N) is 2. The van der Waals surface area contributed by atoms with E-state index in [0.29, 0.717) is 18.4 Å². The minimum atomic E-state index is -0.691. The van der Waals surface area contributed by atoms with Crippen LogP contribution in [-0.4, -0.2) is 42.1 Å². The third-order valence-electron chi connectivity index (χ3n) is 4.80. The van der Waals surface area contributed by atoms with Gasteiger partial charge in [-0.2, -0.15) is 0 Å². The molecule has 1 aliphatic heterocycles. The molecule has 0 unspecified atom stereocenters. The molecule has 1 aliphatic carbocycles. The van der Waals surface area contributed by atoms with E-state index >= 15 is 0 Å². The quantitative estimate of drug-likeness (QED) is 0.567. The van der Waals surface area contributed by atoms with Gasteiger partial charge in [0.1, 0.15) is 5.75 Å². The number of amides is 2. The number of urea groups is 1. The van der Waals surface area contributed by atoms with E-state index in [2.05, 4.69) is 0 Å². The van der Waals surface area contributed by atoms with Gasteiger partial charge in [0.2, 0.25) is 0 Å². The number of rotatable bonds is 5. The van der Waals surface area contributed by atoms with Gasteiger partial charge in [0, 0.05) is 19.2 Å². The lowest BCUT2D eigenvalue weighted by atomic mass is 9.95. The van der Waals surface area contributed by atoms with Crippen molar-refractivity contribution in [2.45, 2.75) is 63.0 Å². The fourth-order valence-corrected chi connectivity index (χ4v) is 4.55. The van der Waals surface area contributed by atoms with Crippen LogP contribution in [0.15, 0.2) is 23.1 Å². The van der Waals surface area contributed by atoms with Crippen molar-refractivity contribution in [1.29, 1.82) is 0 Å². The van der Waals surface area contributed by atoms with Gasteiger partial charge in [-0.3, -0.25) is 9.21 Å². The molecule has 142 valence electrons. The first-order valence-electron chi connectivity index (χ1n) is 9.23. The Balaban J connectivity index is 1.75. The van der Waals surface area contributed by atoms with Gasteiger partial charge in [-0.25, -0.2) is 9.59 Å². The van der Waals surface area contributed by atoms with E-state index in [-0.39, 0.29) is 6.03 Å². The lowest BCUT2D eigenvalue weighted by Gasteiger charge is -2.39. The van der Waals surface area contributed by atoms with Crippen molar-refractivity contribution < 1.29 is 19.1 Å². The number of anilines is 1. The summed E-state index contributed by atoms with van der Waals surface area (Å²) >= 11 is 1.51. The molecule has 1 aromatic carbocycles. The average molecular weight is 378 g/mol. The van der Waals surface area contributed by atoms with Crippen LogP contribution in [0.2, 0.25) is 0 Å². The Labute approximate surface area is 158 Å². The lowest BCUT2D eigenvalue weighted by Crippen LogP contribution is -2.46. The van der Waals surface area contributed by atoms with Crippen LogP contribution in [0.4, 0.5) is 10.5 Å². The minimum Gasteiger partial charge on any atom is -0.479 e. The Kier molecular flexibility index (Phi) is 5.96. The first kappa shape index (κ1) is 18.9. The molecule has 1 saturated carbocycles. The van der Waals surface area contributed by atoms with Gasteiger partial charge >= 0.3 is 12.0 Å². The zero-order valence-corrected chi connectivity index (χ0v) is 16.4. The Morgan fingerprint density at radius 2 is 2.04 bits per heavy atom. The van der Waals surface area contributed by atoms with Gasteiger partial charge < -0.3 is 9.47 Å². The highest BCUT2D eigenvalue weighted by Gasteiger charge is 2.34. The first-order chi connectivity index (χ1) is 12.5. The number of benzene rings is 1. The summed E-state index contributed by atoms with van der Waals surface area (Å²) in [6, 6.07) is 5.91. The van der Waals surface area contributed by atoms with E-state index in [9.17, 15) is 9.59 Å². The van der Waals surface area contributed by atoms with Crippen molar-refractivity contribution in [2.75, 3.05) is 18.6 Å². The summed E-state index contributed by atoms with van der Waals surface area (Å²) in [6.07, 6.45) is 5.08. The third kappa shape index (κ3) is 3.92. The maximum Gasteiger partial charge on any atom is 0.347 e. The zero-order valence-electron chi connectivity index (χ0n) is 15.6. The SMILES string of the molecule is CCOC(=O)[C@@H](C)Oc1ccc2c(c1)N(C)C(=O)N(C1CCCCC1)S2. The number of hydrogen-bond donors (Lipinski definition) is 0. The van der Waals surface area contributed by atoms with Gasteiger partial charge in [-0.15, -0.1) is 0 Å². The van der Waals surface area contributed by atoms with Gasteiger partial charge in [0.25, 0.3) is 0 Å². The molecule has 26 heavy (non-hydrogen) atoms. The Morgan fingerprint density at radius 1 is 1.31 bits per heavy atom. The van der Waals surface area contributed by atoms with E-state index in [1.165, 1.54) is 31.2 Å². The fourth-order valence-electron chi connectivity index (χ4n) is 3.36. The van der Waals surface area contributed by atoms with Crippen molar-refractivity contribution in [1.82, 2.24) is 4.31 Å². The molecule has 2 amide bonds. The molecule has 0 saturated heterocycles. The predicted molar refractivity (Wildman–Crippen MR) is 102 cm³/mol. The highest BCUT2D eigenvalue weighted by molar-refractivity contribution is 7.97. The smallest absolute Gasteiger partial charge is 0.347 e. The summed E-state index contributed by atoms with van der Waals surface area (Å²) in [6.45, 7) is 3.74. The molecule has 2 aliphatic rings. The van der Waals surface area contributed by atoms with Crippen LogP contribution in [0.3, 0.4) is 0 Å². The van der Waals surface area contributed by atoms with Crippen LogP contribution >= 0.6 is 11.9 Å². The molecular weight excluding hydrogens is 352 g/mol. The zero-order chi connectivity index (χ0) is 18.7. The van der Waals surface area contributed by atoms with E-state index in [4.69, 9.17) is 9.47 Å². The van der Waals surface area contributed by atoms with Crippen molar-refractivity contribution >= 4 is 29.6 Å². The number of esters is 1. The van der Waals surface area contributed by atoms with E-state index in [1.807, 2.05) is 22.5 Å². The van der Waals surface area contributed by atoms with Crippen molar-refractivity contribution in [3.63, 3.8) is 0 Å². The van der Waals surface area contributed by atoms with Crippen molar-refractivity contribution in [3.05, 3.63) is 18.2 Å². The van der Waals surface area contributed by atoms with Crippen LogP contribution in [0.1, 0.15) is 46.0 Å². The summed E-state index contributed by atoms with van der Waals surface area (Å²) in [5.74, 6) is 0.156. The molecule has 3 rings (SSSR count). The summed E-state index contributed by atoms with van der Waals surface area (Å²) in [4.78, 5) is 27.3. The molecule has 0 radical (unpaired) electrons. The van der Waals surface area contributed by atoms with Gasteiger partial charge in [-0.1, -0.05) is 19.3 Å². The van der Waals surface area contributed by atoms with Crippen LogP contribution in [0, 0.1) is 0 Å². The second-order valence-electron chi connectivity index (χ2n) is 6.69. The molecule has 1 heterocycles. The van der Waals surface area contributed by atoms with Crippen LogP contribution in [0.25, 0.3) is 0 Å². The Hall–Kier alpha value is -1.89. The van der Waals surface area contributed by atoms with Crippen molar-refractivity contribution in [3.8, 4) is 5.75 Å². The topological polar surface area (TPSA) is 59.1 Å². The number of carbonyl (C=O) groups is 2. The molecule has 1 fully saturated rings. The number of fused-ring (bicyclic) bond motifs is 1. The van der Waals surface area contributed by atoms with E-state index in [0.717, 1.165) is 23.4 Å². The lowest BCUT2D eigenvalue weighted by molar-refractivity contribution is -0.150. The summed E-state index contributed by atoms with van der Waals surface area (Å²) in [5.41, 5.74) is 0.806. The molecule has 0 aromatic heterocycles.